The largest absolute Gasteiger partial charge is 0.381 e. The van der Waals surface area contributed by atoms with E-state index in [9.17, 15) is 13.2 Å². The molecule has 0 bridgehead atoms. The van der Waals surface area contributed by atoms with Gasteiger partial charge in [-0.2, -0.15) is 0 Å². The number of carbonyl (C=O) groups excluding carboxylic acids is 1. The zero-order valence-corrected chi connectivity index (χ0v) is 14.8. The zero-order chi connectivity index (χ0) is 17.2. The second kappa shape index (κ2) is 7.00. The third-order valence-corrected chi connectivity index (χ3v) is 5.88. The number of hydrogen-bond acceptors (Lipinski definition) is 7. The Morgan fingerprint density at radius 1 is 1.46 bits per heavy atom. The van der Waals surface area contributed by atoms with Crippen LogP contribution in [0.4, 0.5) is 5.13 Å². The molecule has 0 spiro atoms. The SMILES string of the molecule is CS(=O)(=O)c1cccc(C(=O)c2cnc(NCC3CCOC3)s2)c1. The van der Waals surface area contributed by atoms with Crippen molar-refractivity contribution in [3.05, 3.63) is 40.9 Å². The highest BCUT2D eigenvalue weighted by atomic mass is 32.2. The Balaban J connectivity index is 1.71. The van der Waals surface area contributed by atoms with Crippen LogP contribution in [0, 0.1) is 5.92 Å². The first-order valence-electron chi connectivity index (χ1n) is 7.56. The van der Waals surface area contributed by atoms with Crippen molar-refractivity contribution in [2.24, 2.45) is 5.92 Å². The average molecular weight is 366 g/mol. The molecule has 1 saturated heterocycles. The Bertz CT molecular complexity index is 839. The van der Waals surface area contributed by atoms with Crippen molar-refractivity contribution in [3.63, 3.8) is 0 Å². The number of sulfone groups is 1. The normalized spacial score (nSPS) is 17.8. The predicted molar refractivity (Wildman–Crippen MR) is 92.5 cm³/mol. The van der Waals surface area contributed by atoms with Gasteiger partial charge in [-0.25, -0.2) is 13.4 Å². The summed E-state index contributed by atoms with van der Waals surface area (Å²) in [5.74, 6) is 0.245. The second-order valence-corrected chi connectivity index (χ2v) is 8.82. The van der Waals surface area contributed by atoms with Crippen LogP contribution in [0.25, 0.3) is 0 Å². The molecule has 128 valence electrons. The number of thiazole rings is 1. The van der Waals surface area contributed by atoms with Gasteiger partial charge in [0.15, 0.2) is 15.0 Å². The third-order valence-electron chi connectivity index (χ3n) is 3.82. The van der Waals surface area contributed by atoms with Gasteiger partial charge in [0.05, 0.1) is 22.6 Å². The number of nitrogens with zero attached hydrogens (tertiary/aromatic N) is 1. The van der Waals surface area contributed by atoms with E-state index in [-0.39, 0.29) is 10.7 Å². The Hall–Kier alpha value is -1.77. The van der Waals surface area contributed by atoms with Gasteiger partial charge in [0.2, 0.25) is 5.78 Å². The van der Waals surface area contributed by atoms with E-state index in [0.29, 0.717) is 21.5 Å². The van der Waals surface area contributed by atoms with Crippen LogP contribution in [0.3, 0.4) is 0 Å². The fourth-order valence-electron chi connectivity index (χ4n) is 2.45. The molecule has 1 aromatic carbocycles. The molecule has 0 amide bonds. The van der Waals surface area contributed by atoms with Crippen LogP contribution in [0.15, 0.2) is 35.4 Å². The average Bonchev–Trinajstić information content (AvgIpc) is 3.23. The lowest BCUT2D eigenvalue weighted by atomic mass is 10.1. The molecule has 1 aromatic heterocycles. The first-order chi connectivity index (χ1) is 11.4. The van der Waals surface area contributed by atoms with Crippen molar-refractivity contribution >= 4 is 32.1 Å². The molecule has 24 heavy (non-hydrogen) atoms. The summed E-state index contributed by atoms with van der Waals surface area (Å²) >= 11 is 1.27. The maximum absolute atomic E-state index is 12.5. The third kappa shape index (κ3) is 4.00. The maximum Gasteiger partial charge on any atom is 0.204 e. The highest BCUT2D eigenvalue weighted by molar-refractivity contribution is 7.90. The standard InChI is InChI=1S/C16H18N2O4S2/c1-24(20,21)13-4-2-3-12(7-13)15(19)14-9-18-16(23-14)17-8-11-5-6-22-10-11/h2-4,7,9,11H,5-6,8,10H2,1H3,(H,17,18). The molecule has 1 aliphatic heterocycles. The Morgan fingerprint density at radius 2 is 2.29 bits per heavy atom. The highest BCUT2D eigenvalue weighted by Crippen LogP contribution is 2.23. The summed E-state index contributed by atoms with van der Waals surface area (Å²) in [4.78, 5) is 17.4. The van der Waals surface area contributed by atoms with E-state index < -0.39 is 9.84 Å². The highest BCUT2D eigenvalue weighted by Gasteiger charge is 2.18. The molecule has 3 rings (SSSR count). The molecule has 8 heteroatoms. The van der Waals surface area contributed by atoms with Crippen LogP contribution in [0.5, 0.6) is 0 Å². The van der Waals surface area contributed by atoms with Gasteiger partial charge in [0, 0.05) is 30.9 Å². The molecule has 1 atom stereocenters. The first-order valence-corrected chi connectivity index (χ1v) is 10.3. The summed E-state index contributed by atoms with van der Waals surface area (Å²) in [6.07, 6.45) is 3.67. The van der Waals surface area contributed by atoms with Gasteiger partial charge >= 0.3 is 0 Å². The Kier molecular flexibility index (Phi) is 4.98. The number of rotatable bonds is 6. The summed E-state index contributed by atoms with van der Waals surface area (Å²) in [5.41, 5.74) is 0.345. The molecule has 0 aliphatic carbocycles. The van der Waals surface area contributed by atoms with E-state index >= 15 is 0 Å². The number of ether oxygens (including phenoxy) is 1. The van der Waals surface area contributed by atoms with Crippen molar-refractivity contribution < 1.29 is 17.9 Å². The van der Waals surface area contributed by atoms with Crippen molar-refractivity contribution in [2.75, 3.05) is 31.3 Å². The predicted octanol–water partition coefficient (Wildman–Crippen LogP) is 2.23. The molecular weight excluding hydrogens is 348 g/mol. The number of aromatic nitrogens is 1. The lowest BCUT2D eigenvalue weighted by Crippen LogP contribution is -2.13. The number of benzene rings is 1. The molecule has 0 radical (unpaired) electrons. The smallest absolute Gasteiger partial charge is 0.204 e. The minimum atomic E-state index is -3.34. The van der Waals surface area contributed by atoms with Gasteiger partial charge in [0.1, 0.15) is 0 Å². The van der Waals surface area contributed by atoms with Gasteiger partial charge in [-0.1, -0.05) is 23.5 Å². The van der Waals surface area contributed by atoms with Gasteiger partial charge in [0.25, 0.3) is 0 Å². The molecular formula is C16H18N2O4S2. The lowest BCUT2D eigenvalue weighted by molar-refractivity contribution is 0.104. The van der Waals surface area contributed by atoms with Gasteiger partial charge in [-0.15, -0.1) is 0 Å². The van der Waals surface area contributed by atoms with Crippen LogP contribution < -0.4 is 5.32 Å². The van der Waals surface area contributed by atoms with Crippen LogP contribution >= 0.6 is 11.3 Å². The number of ketones is 1. The summed E-state index contributed by atoms with van der Waals surface area (Å²) in [6.45, 7) is 2.32. The molecule has 2 heterocycles. The molecule has 1 fully saturated rings. The van der Waals surface area contributed by atoms with E-state index in [4.69, 9.17) is 4.74 Å². The summed E-state index contributed by atoms with van der Waals surface area (Å²) in [6, 6.07) is 6.07. The van der Waals surface area contributed by atoms with E-state index in [1.807, 2.05) is 0 Å². The van der Waals surface area contributed by atoms with Gasteiger partial charge < -0.3 is 10.1 Å². The number of carbonyl (C=O) groups is 1. The van der Waals surface area contributed by atoms with E-state index in [1.165, 1.54) is 29.7 Å². The summed E-state index contributed by atoms with van der Waals surface area (Å²) in [7, 11) is -3.34. The topological polar surface area (TPSA) is 85.4 Å². The van der Waals surface area contributed by atoms with Crippen molar-refractivity contribution in [1.82, 2.24) is 4.98 Å². The van der Waals surface area contributed by atoms with Crippen molar-refractivity contribution in [1.29, 1.82) is 0 Å². The molecule has 2 aromatic rings. The number of hydrogen-bond donors (Lipinski definition) is 1. The van der Waals surface area contributed by atoms with Crippen LogP contribution in [-0.2, 0) is 14.6 Å². The van der Waals surface area contributed by atoms with Gasteiger partial charge in [-0.05, 0) is 18.6 Å². The summed E-state index contributed by atoms with van der Waals surface area (Å²) < 4.78 is 28.6. The van der Waals surface area contributed by atoms with Crippen molar-refractivity contribution in [3.8, 4) is 0 Å². The minimum Gasteiger partial charge on any atom is -0.381 e. The molecule has 1 unspecified atom stereocenters. The van der Waals surface area contributed by atoms with Crippen LogP contribution in [-0.4, -0.2) is 45.2 Å². The summed E-state index contributed by atoms with van der Waals surface area (Å²) in [5, 5.41) is 3.91. The Morgan fingerprint density at radius 3 is 3.00 bits per heavy atom. The first kappa shape index (κ1) is 17.1. The van der Waals surface area contributed by atoms with Crippen LogP contribution in [0.1, 0.15) is 21.7 Å². The fraction of sp³-hybridized carbons (Fsp3) is 0.375. The molecule has 0 saturated carbocycles. The van der Waals surface area contributed by atoms with Crippen LogP contribution in [0.2, 0.25) is 0 Å². The van der Waals surface area contributed by atoms with Gasteiger partial charge in [-0.3, -0.25) is 4.79 Å². The van der Waals surface area contributed by atoms with E-state index in [0.717, 1.165) is 32.4 Å². The Labute approximate surface area is 144 Å². The number of anilines is 1. The minimum absolute atomic E-state index is 0.137. The van der Waals surface area contributed by atoms with E-state index in [1.54, 1.807) is 12.1 Å². The number of nitrogens with one attached hydrogen (secondary N) is 1. The lowest BCUT2D eigenvalue weighted by Gasteiger charge is -2.07. The molecule has 6 nitrogen and oxygen atoms in total. The molecule has 1 aliphatic rings. The van der Waals surface area contributed by atoms with E-state index in [2.05, 4.69) is 10.3 Å². The zero-order valence-electron chi connectivity index (χ0n) is 13.2. The fourth-order valence-corrected chi connectivity index (χ4v) is 3.90. The van der Waals surface area contributed by atoms with Crippen molar-refractivity contribution in [2.45, 2.75) is 11.3 Å². The second-order valence-electron chi connectivity index (χ2n) is 5.77. The molecule has 1 N–H and O–H groups in total. The monoisotopic (exact) mass is 366 g/mol. The maximum atomic E-state index is 12.5. The quantitative estimate of drug-likeness (QED) is 0.789.